The van der Waals surface area contributed by atoms with Gasteiger partial charge in [0.05, 0.1) is 19.1 Å². The lowest BCUT2D eigenvalue weighted by Gasteiger charge is -2.22. The molecule has 2 aromatic rings. The molecule has 3 rings (SSSR count). The van der Waals surface area contributed by atoms with Crippen molar-refractivity contribution in [1.82, 2.24) is 5.06 Å². The maximum Gasteiger partial charge on any atom is 0.250 e. The second-order valence-electron chi connectivity index (χ2n) is 6.66. The van der Waals surface area contributed by atoms with Crippen molar-refractivity contribution in [2.24, 2.45) is 0 Å². The minimum absolute atomic E-state index is 0.0605. The minimum atomic E-state index is -0.459. The number of para-hydroxylation sites is 1. The second-order valence-corrected chi connectivity index (χ2v) is 7.48. The van der Waals surface area contributed by atoms with Gasteiger partial charge in [0.25, 0.3) is 0 Å². The number of amides is 1. The third-order valence-corrected chi connectivity index (χ3v) is 5.47. The summed E-state index contributed by atoms with van der Waals surface area (Å²) < 4.78 is 0. The molecule has 2 N–H and O–H groups in total. The number of anilines is 1. The highest BCUT2D eigenvalue weighted by molar-refractivity contribution is 6.36. The molecule has 1 aliphatic heterocycles. The van der Waals surface area contributed by atoms with Crippen molar-refractivity contribution in [2.75, 3.05) is 24.5 Å². The topological polar surface area (TPSA) is 64.0 Å². The number of aliphatic hydroxyl groups excluding tert-OH is 1. The van der Waals surface area contributed by atoms with Crippen LogP contribution in [0.4, 0.5) is 5.69 Å². The fraction of sp³-hybridized carbons (Fsp3) is 0.350. The zero-order valence-corrected chi connectivity index (χ0v) is 16.3. The van der Waals surface area contributed by atoms with Crippen LogP contribution in [0.25, 0.3) is 0 Å². The molecule has 2 aromatic carbocycles. The molecule has 0 radical (unpaired) electrons. The van der Waals surface area contributed by atoms with Crippen LogP contribution < -0.4 is 4.90 Å². The van der Waals surface area contributed by atoms with E-state index in [2.05, 4.69) is 4.90 Å². The first-order valence-electron chi connectivity index (χ1n) is 8.88. The molecule has 0 aromatic heterocycles. The lowest BCUT2D eigenvalue weighted by atomic mass is 10.1. The Hall–Kier alpha value is -1.79. The summed E-state index contributed by atoms with van der Waals surface area (Å²) in [5, 5.41) is 21.5. The van der Waals surface area contributed by atoms with E-state index < -0.39 is 5.91 Å². The summed E-state index contributed by atoms with van der Waals surface area (Å²) in [5.41, 5.74) is 2.56. The number of carbonyl (C=O) groups is 1. The van der Waals surface area contributed by atoms with Crippen LogP contribution in [0, 0.1) is 0 Å². The van der Waals surface area contributed by atoms with Gasteiger partial charge in [0.2, 0.25) is 5.91 Å². The number of halogens is 2. The molecule has 7 heteroatoms. The van der Waals surface area contributed by atoms with Crippen LogP contribution in [0.2, 0.25) is 10.0 Å². The summed E-state index contributed by atoms with van der Waals surface area (Å²) in [5.74, 6) is -0.459. The zero-order chi connectivity index (χ0) is 19.4. The monoisotopic (exact) mass is 408 g/mol. The van der Waals surface area contributed by atoms with Crippen LogP contribution in [0.1, 0.15) is 17.5 Å². The van der Waals surface area contributed by atoms with E-state index in [1.54, 1.807) is 18.2 Å². The summed E-state index contributed by atoms with van der Waals surface area (Å²) in [6, 6.07) is 12.9. The number of nitrogens with zero attached hydrogens (tertiary/aromatic N) is 2. The smallest absolute Gasteiger partial charge is 0.250 e. The third-order valence-electron chi connectivity index (χ3n) is 4.77. The summed E-state index contributed by atoms with van der Waals surface area (Å²) in [7, 11) is 0. The Morgan fingerprint density at radius 2 is 1.85 bits per heavy atom. The first kappa shape index (κ1) is 20.0. The van der Waals surface area contributed by atoms with Crippen molar-refractivity contribution in [3.63, 3.8) is 0 Å². The molecule has 1 aliphatic rings. The van der Waals surface area contributed by atoms with E-state index in [9.17, 15) is 15.1 Å². The molecule has 1 saturated heterocycles. The Balaban J connectivity index is 1.62. The maximum atomic E-state index is 12.3. The van der Waals surface area contributed by atoms with Gasteiger partial charge in [-0.05, 0) is 42.2 Å². The van der Waals surface area contributed by atoms with Crippen molar-refractivity contribution in [3.05, 3.63) is 63.6 Å². The van der Waals surface area contributed by atoms with Crippen LogP contribution in [-0.2, 0) is 17.6 Å². The number of hydrogen-bond acceptors (Lipinski definition) is 4. The van der Waals surface area contributed by atoms with E-state index in [0.717, 1.165) is 29.3 Å². The quantitative estimate of drug-likeness (QED) is 0.566. The van der Waals surface area contributed by atoms with Crippen LogP contribution in [0.5, 0.6) is 0 Å². The average molecular weight is 409 g/mol. The third kappa shape index (κ3) is 4.93. The second kappa shape index (κ2) is 8.93. The highest BCUT2D eigenvalue weighted by atomic mass is 35.5. The zero-order valence-electron chi connectivity index (χ0n) is 14.8. The molecule has 0 saturated carbocycles. The van der Waals surface area contributed by atoms with E-state index in [0.29, 0.717) is 28.6 Å². The van der Waals surface area contributed by atoms with Gasteiger partial charge in [-0.3, -0.25) is 10.0 Å². The molecule has 5 nitrogen and oxygen atoms in total. The molecular formula is C20H22Cl2N2O3. The highest BCUT2D eigenvalue weighted by Crippen LogP contribution is 2.26. The van der Waals surface area contributed by atoms with Gasteiger partial charge in [0, 0.05) is 28.8 Å². The molecule has 0 aliphatic carbocycles. The predicted molar refractivity (Wildman–Crippen MR) is 107 cm³/mol. The summed E-state index contributed by atoms with van der Waals surface area (Å²) in [6.45, 7) is 1.56. The predicted octanol–water partition coefficient (Wildman–Crippen LogP) is 3.57. The molecule has 27 heavy (non-hydrogen) atoms. The van der Waals surface area contributed by atoms with Gasteiger partial charge >= 0.3 is 0 Å². The largest absolute Gasteiger partial charge is 0.391 e. The van der Waals surface area contributed by atoms with Gasteiger partial charge in [0.1, 0.15) is 0 Å². The molecular weight excluding hydrogens is 387 g/mol. The Labute approximate surface area is 168 Å². The van der Waals surface area contributed by atoms with Gasteiger partial charge in [0.15, 0.2) is 0 Å². The van der Waals surface area contributed by atoms with E-state index in [4.69, 9.17) is 23.2 Å². The minimum Gasteiger partial charge on any atom is -0.391 e. The normalized spacial score (nSPS) is 16.6. The van der Waals surface area contributed by atoms with Crippen molar-refractivity contribution in [2.45, 2.75) is 25.4 Å². The van der Waals surface area contributed by atoms with Gasteiger partial charge in [-0.25, -0.2) is 5.06 Å². The molecule has 1 amide bonds. The first-order chi connectivity index (χ1) is 13.0. The van der Waals surface area contributed by atoms with E-state index in [1.807, 2.05) is 24.3 Å². The molecule has 0 spiro atoms. The number of carbonyl (C=O) groups excluding carboxylic acids is 1. The van der Waals surface area contributed by atoms with Crippen LogP contribution >= 0.6 is 23.2 Å². The highest BCUT2D eigenvalue weighted by Gasteiger charge is 2.22. The van der Waals surface area contributed by atoms with Gasteiger partial charge in [-0.15, -0.1) is 0 Å². The number of hydroxylamine groups is 2. The SMILES string of the molecule is O=C(Cc1c(Cl)cccc1Cl)N(O)CCc1ccccc1N1CC[C@H](O)C1. The lowest BCUT2D eigenvalue weighted by Crippen LogP contribution is -2.31. The van der Waals surface area contributed by atoms with Crippen molar-refractivity contribution in [3.8, 4) is 0 Å². The first-order valence-corrected chi connectivity index (χ1v) is 9.64. The molecule has 1 heterocycles. The molecule has 0 unspecified atom stereocenters. The van der Waals surface area contributed by atoms with E-state index in [1.165, 1.54) is 0 Å². The van der Waals surface area contributed by atoms with Crippen molar-refractivity contribution in [1.29, 1.82) is 0 Å². The molecule has 1 atom stereocenters. The average Bonchev–Trinajstić information content (AvgIpc) is 3.09. The van der Waals surface area contributed by atoms with Gasteiger partial charge in [-0.2, -0.15) is 0 Å². The number of hydrogen-bond donors (Lipinski definition) is 2. The lowest BCUT2D eigenvalue weighted by molar-refractivity contribution is -0.164. The Bertz CT molecular complexity index is 795. The fourth-order valence-electron chi connectivity index (χ4n) is 3.29. The van der Waals surface area contributed by atoms with Gasteiger partial charge in [-0.1, -0.05) is 47.5 Å². The van der Waals surface area contributed by atoms with Crippen molar-refractivity contribution < 1.29 is 15.1 Å². The summed E-state index contributed by atoms with van der Waals surface area (Å²) in [4.78, 5) is 14.5. The van der Waals surface area contributed by atoms with E-state index in [-0.39, 0.29) is 19.1 Å². The fourth-order valence-corrected chi connectivity index (χ4v) is 3.82. The van der Waals surface area contributed by atoms with Crippen LogP contribution in [-0.4, -0.2) is 47.0 Å². The number of rotatable bonds is 6. The maximum absolute atomic E-state index is 12.3. The number of β-amino-alcohol motifs (C(OH)–C–C–N with tert-alkyl or cyclic N) is 1. The summed E-state index contributed by atoms with van der Waals surface area (Å²) >= 11 is 12.2. The molecule has 144 valence electrons. The standard InChI is InChI=1S/C20H22Cl2N2O3/c21-17-5-3-6-18(22)16(17)12-20(26)24(27)11-8-14-4-1-2-7-19(14)23-10-9-15(25)13-23/h1-7,15,25,27H,8-13H2/t15-/m0/s1. The Kier molecular flexibility index (Phi) is 6.60. The Morgan fingerprint density at radius 3 is 2.52 bits per heavy atom. The Morgan fingerprint density at radius 1 is 1.15 bits per heavy atom. The summed E-state index contributed by atoms with van der Waals surface area (Å²) in [6.07, 6.45) is 0.877. The van der Waals surface area contributed by atoms with Gasteiger partial charge < -0.3 is 10.0 Å². The number of aliphatic hydroxyl groups is 1. The van der Waals surface area contributed by atoms with Crippen LogP contribution in [0.15, 0.2) is 42.5 Å². The number of benzene rings is 2. The molecule has 1 fully saturated rings. The van der Waals surface area contributed by atoms with E-state index >= 15 is 0 Å². The molecule has 0 bridgehead atoms. The van der Waals surface area contributed by atoms with Crippen molar-refractivity contribution >= 4 is 34.8 Å². The van der Waals surface area contributed by atoms with Crippen LogP contribution in [0.3, 0.4) is 0 Å².